The van der Waals surface area contributed by atoms with Crippen molar-refractivity contribution in [3.8, 4) is 11.5 Å². The monoisotopic (exact) mass is 602 g/mol. The Hall–Kier alpha value is -3.76. The normalized spacial score (nSPS) is 21.5. The molecule has 0 spiro atoms. The fourth-order valence-corrected chi connectivity index (χ4v) is 6.88. The number of hydrogen-bond donors (Lipinski definition) is 1. The number of nitrogens with zero attached hydrogens (tertiary/aromatic N) is 3. The van der Waals surface area contributed by atoms with Crippen molar-refractivity contribution in [1.29, 1.82) is 0 Å². The number of carbonyl (C=O) groups excluding carboxylic acids is 4. The Labute approximate surface area is 258 Å². The molecule has 0 radical (unpaired) electrons. The molecule has 6 rings (SSSR count). The standard InChI is InChI=1S/C34H42N4O6/c39-30-15-14-28(32(40)35-30)38-33(41)27-8-3-9-29(31(27)34(38)42)44-23-25-10-12-26(13-11-25)43-22-21-37-19-17-36(18-20-37)16-4-7-24-5-1-2-6-24/h3,8-13,24,28H,1-2,4-7,14-23H2,(H,35,39,40). The van der Waals surface area contributed by atoms with Gasteiger partial charge in [0.05, 0.1) is 11.1 Å². The Balaban J connectivity index is 0.935. The van der Waals surface area contributed by atoms with E-state index in [1.54, 1.807) is 18.2 Å². The summed E-state index contributed by atoms with van der Waals surface area (Å²) in [7, 11) is 0. The van der Waals surface area contributed by atoms with Crippen LogP contribution in [0.2, 0.25) is 0 Å². The first kappa shape index (κ1) is 30.3. The summed E-state index contributed by atoms with van der Waals surface area (Å²) in [5.41, 5.74) is 1.23. The first-order chi connectivity index (χ1) is 21.5. The van der Waals surface area contributed by atoms with Gasteiger partial charge in [-0.3, -0.25) is 34.3 Å². The highest BCUT2D eigenvalue weighted by atomic mass is 16.5. The van der Waals surface area contributed by atoms with Crippen molar-refractivity contribution >= 4 is 23.6 Å². The third kappa shape index (κ3) is 6.97. The van der Waals surface area contributed by atoms with Gasteiger partial charge in [-0.1, -0.05) is 43.9 Å². The third-order valence-electron chi connectivity index (χ3n) is 9.45. The lowest BCUT2D eigenvalue weighted by molar-refractivity contribution is -0.136. The second-order valence-corrected chi connectivity index (χ2v) is 12.4. The molecule has 4 aliphatic rings. The predicted molar refractivity (Wildman–Crippen MR) is 163 cm³/mol. The maximum absolute atomic E-state index is 13.3. The van der Waals surface area contributed by atoms with E-state index in [-0.39, 0.29) is 36.3 Å². The maximum atomic E-state index is 13.3. The van der Waals surface area contributed by atoms with Gasteiger partial charge in [-0.05, 0) is 61.6 Å². The number of fused-ring (bicyclic) bond motifs is 1. The molecule has 1 saturated carbocycles. The van der Waals surface area contributed by atoms with E-state index in [4.69, 9.17) is 9.47 Å². The number of benzene rings is 2. The molecule has 2 saturated heterocycles. The van der Waals surface area contributed by atoms with Crippen molar-refractivity contribution in [2.45, 2.75) is 64.0 Å². The fourth-order valence-electron chi connectivity index (χ4n) is 6.88. The van der Waals surface area contributed by atoms with Gasteiger partial charge >= 0.3 is 0 Å². The lowest BCUT2D eigenvalue weighted by Crippen LogP contribution is -2.54. The maximum Gasteiger partial charge on any atom is 0.266 e. The van der Waals surface area contributed by atoms with Crippen LogP contribution < -0.4 is 14.8 Å². The van der Waals surface area contributed by atoms with Crippen LogP contribution in [0, 0.1) is 5.92 Å². The summed E-state index contributed by atoms with van der Waals surface area (Å²) >= 11 is 0. The number of imide groups is 2. The summed E-state index contributed by atoms with van der Waals surface area (Å²) in [5.74, 6) is -0.121. The van der Waals surface area contributed by atoms with Crippen molar-refractivity contribution in [2.24, 2.45) is 5.92 Å². The van der Waals surface area contributed by atoms with E-state index in [1.165, 1.54) is 45.1 Å². The molecule has 10 heteroatoms. The summed E-state index contributed by atoms with van der Waals surface area (Å²) in [6.45, 7) is 7.42. The first-order valence-corrected chi connectivity index (χ1v) is 16.1. The minimum absolute atomic E-state index is 0.0736. The van der Waals surface area contributed by atoms with Crippen LogP contribution in [0.15, 0.2) is 42.5 Å². The van der Waals surface area contributed by atoms with Gasteiger partial charge in [-0.2, -0.15) is 0 Å². The number of rotatable bonds is 12. The fraction of sp³-hybridized carbons (Fsp3) is 0.529. The molecule has 1 N–H and O–H groups in total. The predicted octanol–water partition coefficient (Wildman–Crippen LogP) is 3.63. The summed E-state index contributed by atoms with van der Waals surface area (Å²) in [5, 5.41) is 2.21. The molecule has 3 fully saturated rings. The molecule has 10 nitrogen and oxygen atoms in total. The van der Waals surface area contributed by atoms with Crippen molar-refractivity contribution in [2.75, 3.05) is 45.9 Å². The second-order valence-electron chi connectivity index (χ2n) is 12.4. The minimum Gasteiger partial charge on any atom is -0.492 e. The Morgan fingerprint density at radius 1 is 0.795 bits per heavy atom. The van der Waals surface area contributed by atoms with Crippen LogP contribution in [0.4, 0.5) is 0 Å². The molecule has 0 bridgehead atoms. The SMILES string of the molecule is O=C1CCC(N2C(=O)c3cccc(OCc4ccc(OCCN5CCN(CCCC6CCCC6)CC5)cc4)c3C2=O)C(=O)N1. The highest BCUT2D eigenvalue weighted by molar-refractivity contribution is 6.24. The van der Waals surface area contributed by atoms with Crippen molar-refractivity contribution < 1.29 is 28.7 Å². The third-order valence-corrected chi connectivity index (χ3v) is 9.45. The first-order valence-electron chi connectivity index (χ1n) is 16.1. The van der Waals surface area contributed by atoms with E-state index in [1.807, 2.05) is 24.3 Å². The molecule has 1 aliphatic carbocycles. The molecular formula is C34H42N4O6. The van der Waals surface area contributed by atoms with E-state index in [0.717, 1.165) is 54.9 Å². The van der Waals surface area contributed by atoms with Gasteiger partial charge in [0, 0.05) is 39.1 Å². The van der Waals surface area contributed by atoms with Crippen LogP contribution in [0.1, 0.15) is 77.6 Å². The zero-order valence-electron chi connectivity index (χ0n) is 25.3. The van der Waals surface area contributed by atoms with Gasteiger partial charge in [0.2, 0.25) is 11.8 Å². The van der Waals surface area contributed by atoms with Crippen LogP contribution in [0.3, 0.4) is 0 Å². The Morgan fingerprint density at radius 2 is 1.52 bits per heavy atom. The van der Waals surface area contributed by atoms with Crippen molar-refractivity contribution in [3.63, 3.8) is 0 Å². The molecule has 4 amide bonds. The molecule has 0 aromatic heterocycles. The van der Waals surface area contributed by atoms with E-state index in [0.29, 0.717) is 6.61 Å². The molecule has 1 atom stereocenters. The summed E-state index contributed by atoms with van der Waals surface area (Å²) < 4.78 is 12.0. The summed E-state index contributed by atoms with van der Waals surface area (Å²) in [4.78, 5) is 56.2. The minimum atomic E-state index is -1.01. The van der Waals surface area contributed by atoms with Gasteiger partial charge in [0.25, 0.3) is 11.8 Å². The Kier molecular flexibility index (Phi) is 9.57. The second kappa shape index (κ2) is 13.9. The Bertz CT molecular complexity index is 1360. The molecule has 3 aliphatic heterocycles. The van der Waals surface area contributed by atoms with Crippen LogP contribution in [-0.4, -0.2) is 90.2 Å². The van der Waals surface area contributed by atoms with Gasteiger partial charge in [0.15, 0.2) is 0 Å². The number of hydrogen-bond acceptors (Lipinski definition) is 8. The number of ether oxygens (including phenoxy) is 2. The lowest BCUT2D eigenvalue weighted by atomic mass is 10.0. The van der Waals surface area contributed by atoms with Crippen LogP contribution in [-0.2, 0) is 16.2 Å². The number of carbonyl (C=O) groups is 4. The van der Waals surface area contributed by atoms with Gasteiger partial charge < -0.3 is 14.4 Å². The molecule has 2 aromatic carbocycles. The smallest absolute Gasteiger partial charge is 0.266 e. The summed E-state index contributed by atoms with van der Waals surface area (Å²) in [6.07, 6.45) is 8.68. The number of piperazine rings is 1. The quantitative estimate of drug-likeness (QED) is 0.367. The van der Waals surface area contributed by atoms with Crippen molar-refractivity contribution in [1.82, 2.24) is 20.0 Å². The number of amides is 4. The van der Waals surface area contributed by atoms with Crippen molar-refractivity contribution in [3.05, 3.63) is 59.2 Å². The Morgan fingerprint density at radius 3 is 2.25 bits per heavy atom. The average molecular weight is 603 g/mol. The zero-order chi connectivity index (χ0) is 30.5. The van der Waals surface area contributed by atoms with E-state index < -0.39 is 29.7 Å². The van der Waals surface area contributed by atoms with Crippen LogP contribution >= 0.6 is 0 Å². The molecule has 44 heavy (non-hydrogen) atoms. The van der Waals surface area contributed by atoms with Crippen LogP contribution in [0.25, 0.3) is 0 Å². The number of nitrogens with one attached hydrogen (secondary N) is 1. The summed E-state index contributed by atoms with van der Waals surface area (Å²) in [6, 6.07) is 11.5. The lowest BCUT2D eigenvalue weighted by Gasteiger charge is -2.34. The van der Waals surface area contributed by atoms with E-state index in [2.05, 4.69) is 15.1 Å². The highest BCUT2D eigenvalue weighted by Crippen LogP contribution is 2.34. The molecule has 3 heterocycles. The van der Waals surface area contributed by atoms with Gasteiger partial charge in [0.1, 0.15) is 30.8 Å². The highest BCUT2D eigenvalue weighted by Gasteiger charge is 2.46. The van der Waals surface area contributed by atoms with E-state index >= 15 is 0 Å². The van der Waals surface area contributed by atoms with Crippen LogP contribution in [0.5, 0.6) is 11.5 Å². The molecule has 2 aromatic rings. The number of piperidine rings is 1. The zero-order valence-corrected chi connectivity index (χ0v) is 25.3. The average Bonchev–Trinajstić information content (AvgIpc) is 3.64. The molecule has 234 valence electrons. The molecular weight excluding hydrogens is 560 g/mol. The van der Waals surface area contributed by atoms with Gasteiger partial charge in [-0.15, -0.1) is 0 Å². The molecule has 1 unspecified atom stereocenters. The largest absolute Gasteiger partial charge is 0.492 e. The topological polar surface area (TPSA) is 108 Å². The van der Waals surface area contributed by atoms with Gasteiger partial charge in [-0.25, -0.2) is 0 Å². The van der Waals surface area contributed by atoms with E-state index in [9.17, 15) is 19.2 Å².